The Morgan fingerprint density at radius 3 is 2.41 bits per heavy atom. The molecule has 1 saturated carbocycles. The van der Waals surface area contributed by atoms with E-state index in [1.165, 1.54) is 7.11 Å². The molecule has 1 fully saturated rings. The molecule has 8 heteroatoms. The summed E-state index contributed by atoms with van der Waals surface area (Å²) < 4.78 is 10.4. The number of hydrogen-bond acceptors (Lipinski definition) is 6. The van der Waals surface area contributed by atoms with Gasteiger partial charge in [-0.3, -0.25) is 9.59 Å². The fourth-order valence-corrected chi connectivity index (χ4v) is 2.42. The first-order chi connectivity index (χ1) is 10.3. The molecule has 0 aromatic rings. The van der Waals surface area contributed by atoms with Gasteiger partial charge in [-0.15, -0.1) is 0 Å². The predicted octanol–water partition coefficient (Wildman–Crippen LogP) is -0.204. The van der Waals surface area contributed by atoms with Crippen LogP contribution >= 0.6 is 0 Å². The van der Waals surface area contributed by atoms with Gasteiger partial charge >= 0.3 is 11.9 Å². The molecule has 1 rings (SSSR count). The van der Waals surface area contributed by atoms with E-state index in [1.54, 1.807) is 0 Å². The Morgan fingerprint density at radius 2 is 1.91 bits per heavy atom. The molecule has 8 nitrogen and oxygen atoms in total. The third-order valence-electron chi connectivity index (χ3n) is 3.79. The van der Waals surface area contributed by atoms with Crippen molar-refractivity contribution in [1.29, 1.82) is 0 Å². The van der Waals surface area contributed by atoms with Crippen LogP contribution in [0.3, 0.4) is 0 Å². The van der Waals surface area contributed by atoms with Gasteiger partial charge in [0.25, 0.3) is 0 Å². The van der Waals surface area contributed by atoms with Gasteiger partial charge in [0.05, 0.1) is 31.8 Å². The minimum Gasteiger partial charge on any atom is -0.481 e. The number of carboxylic acids is 1. The van der Waals surface area contributed by atoms with Gasteiger partial charge in [0.1, 0.15) is 0 Å². The lowest BCUT2D eigenvalue weighted by atomic mass is 10.1. The minimum absolute atomic E-state index is 0.0330. The summed E-state index contributed by atoms with van der Waals surface area (Å²) in [6, 6.07) is -2.23. The second-order valence-corrected chi connectivity index (χ2v) is 5.76. The molecule has 126 valence electrons. The lowest BCUT2D eigenvalue weighted by Gasteiger charge is -2.27. The second kappa shape index (κ2) is 8.09. The fraction of sp³-hybridized carbons (Fsp3) is 0.786. The van der Waals surface area contributed by atoms with E-state index in [0.29, 0.717) is 0 Å². The molecule has 0 aromatic carbocycles. The molecule has 0 aromatic heterocycles. The number of carbonyl (C=O) groups is 3. The van der Waals surface area contributed by atoms with Gasteiger partial charge in [0.15, 0.2) is 6.04 Å². The molecule has 0 aliphatic heterocycles. The van der Waals surface area contributed by atoms with Crippen LogP contribution in [0.5, 0.6) is 0 Å². The van der Waals surface area contributed by atoms with Crippen LogP contribution in [0.4, 0.5) is 0 Å². The van der Waals surface area contributed by atoms with Gasteiger partial charge in [-0.25, -0.2) is 4.79 Å². The smallest absolute Gasteiger partial charge is 0.330 e. The van der Waals surface area contributed by atoms with Crippen molar-refractivity contribution in [2.75, 3.05) is 13.7 Å². The molecule has 2 atom stereocenters. The van der Waals surface area contributed by atoms with Crippen molar-refractivity contribution in [3.63, 3.8) is 0 Å². The summed E-state index contributed by atoms with van der Waals surface area (Å²) in [5.41, 5.74) is 5.16. The van der Waals surface area contributed by atoms with Crippen molar-refractivity contribution in [3.05, 3.63) is 0 Å². The van der Waals surface area contributed by atoms with Gasteiger partial charge in [0, 0.05) is 0 Å². The number of amides is 1. The summed E-state index contributed by atoms with van der Waals surface area (Å²) in [5.74, 6) is -2.57. The number of rotatable bonds is 8. The van der Waals surface area contributed by atoms with E-state index < -0.39 is 36.4 Å². The molecule has 0 radical (unpaired) electrons. The molecule has 1 aliphatic rings. The van der Waals surface area contributed by atoms with E-state index in [2.05, 4.69) is 10.1 Å². The molecule has 4 N–H and O–H groups in total. The zero-order chi connectivity index (χ0) is 16.8. The highest BCUT2D eigenvalue weighted by Gasteiger charge is 2.33. The first-order valence-electron chi connectivity index (χ1n) is 7.27. The van der Waals surface area contributed by atoms with Crippen LogP contribution in [0.25, 0.3) is 0 Å². The molecule has 0 unspecified atom stereocenters. The maximum Gasteiger partial charge on any atom is 0.330 e. The van der Waals surface area contributed by atoms with Crippen LogP contribution in [-0.4, -0.2) is 54.4 Å². The maximum absolute atomic E-state index is 11.8. The Morgan fingerprint density at radius 1 is 1.32 bits per heavy atom. The quantitative estimate of drug-likeness (QED) is 0.529. The molecule has 22 heavy (non-hydrogen) atoms. The zero-order valence-electron chi connectivity index (χ0n) is 13.0. The number of esters is 1. The van der Waals surface area contributed by atoms with Gasteiger partial charge in [-0.1, -0.05) is 12.8 Å². The SMILES string of the molecule is COC(=O)[C@H](COC1(C)CCCC1)NC(=O)[C@@H](N)CC(=O)O. The number of nitrogens with one attached hydrogen (secondary N) is 1. The Labute approximate surface area is 129 Å². The van der Waals surface area contributed by atoms with Crippen LogP contribution in [0.2, 0.25) is 0 Å². The summed E-state index contributed by atoms with van der Waals surface area (Å²) in [5, 5.41) is 11.0. The summed E-state index contributed by atoms with van der Waals surface area (Å²) in [6.45, 7) is 1.93. The molecular formula is C14H24N2O6. The number of hydrogen-bond donors (Lipinski definition) is 3. The van der Waals surface area contributed by atoms with E-state index in [4.69, 9.17) is 15.6 Å². The lowest BCUT2D eigenvalue weighted by molar-refractivity contribution is -0.149. The number of carboxylic acid groups (broad SMARTS) is 1. The van der Waals surface area contributed by atoms with Crippen molar-refractivity contribution in [1.82, 2.24) is 5.32 Å². The van der Waals surface area contributed by atoms with Gasteiger partial charge in [-0.05, 0) is 19.8 Å². The lowest BCUT2D eigenvalue weighted by Crippen LogP contribution is -2.52. The number of carbonyl (C=O) groups excluding carboxylic acids is 2. The highest BCUT2D eigenvalue weighted by Crippen LogP contribution is 2.32. The van der Waals surface area contributed by atoms with E-state index in [9.17, 15) is 14.4 Å². The molecule has 0 heterocycles. The van der Waals surface area contributed by atoms with E-state index >= 15 is 0 Å². The molecule has 1 aliphatic carbocycles. The van der Waals surface area contributed by atoms with Crippen molar-refractivity contribution in [3.8, 4) is 0 Å². The number of ether oxygens (including phenoxy) is 2. The van der Waals surface area contributed by atoms with E-state index in [-0.39, 0.29) is 12.2 Å². The molecule has 1 amide bonds. The average Bonchev–Trinajstić information content (AvgIpc) is 2.88. The van der Waals surface area contributed by atoms with Crippen molar-refractivity contribution >= 4 is 17.8 Å². The van der Waals surface area contributed by atoms with E-state index in [1.807, 2.05) is 6.92 Å². The largest absolute Gasteiger partial charge is 0.481 e. The standard InChI is InChI=1S/C14H24N2O6/c1-14(5-3-4-6-14)22-8-10(13(20)21-2)16-12(19)9(15)7-11(17)18/h9-10H,3-8,15H2,1-2H3,(H,16,19)(H,17,18)/t9-,10-/m0/s1. The van der Waals surface area contributed by atoms with Crippen LogP contribution in [0.15, 0.2) is 0 Å². The number of nitrogens with two attached hydrogens (primary N) is 1. The predicted molar refractivity (Wildman–Crippen MR) is 77.0 cm³/mol. The molecule has 0 saturated heterocycles. The minimum atomic E-state index is -1.23. The summed E-state index contributed by atoms with van der Waals surface area (Å²) in [6.07, 6.45) is 3.41. The summed E-state index contributed by atoms with van der Waals surface area (Å²) in [4.78, 5) is 34.1. The fourth-order valence-electron chi connectivity index (χ4n) is 2.42. The van der Waals surface area contributed by atoms with Crippen molar-refractivity contribution in [2.24, 2.45) is 5.73 Å². The summed E-state index contributed by atoms with van der Waals surface area (Å²) in [7, 11) is 1.20. The van der Waals surface area contributed by atoms with Crippen molar-refractivity contribution in [2.45, 2.75) is 56.7 Å². The number of methoxy groups -OCH3 is 1. The average molecular weight is 316 g/mol. The van der Waals surface area contributed by atoms with Crippen LogP contribution in [0.1, 0.15) is 39.0 Å². The van der Waals surface area contributed by atoms with Crippen molar-refractivity contribution < 1.29 is 29.0 Å². The highest BCUT2D eigenvalue weighted by molar-refractivity contribution is 5.89. The third kappa shape index (κ3) is 5.61. The van der Waals surface area contributed by atoms with Crippen LogP contribution in [0, 0.1) is 0 Å². The van der Waals surface area contributed by atoms with Gasteiger partial charge < -0.3 is 25.6 Å². The highest BCUT2D eigenvalue weighted by atomic mass is 16.5. The van der Waals surface area contributed by atoms with Gasteiger partial charge in [0.2, 0.25) is 5.91 Å². The third-order valence-corrected chi connectivity index (χ3v) is 3.79. The van der Waals surface area contributed by atoms with Crippen LogP contribution < -0.4 is 11.1 Å². The normalized spacial score (nSPS) is 19.2. The Hall–Kier alpha value is -1.67. The summed E-state index contributed by atoms with van der Waals surface area (Å²) >= 11 is 0. The van der Waals surface area contributed by atoms with E-state index in [0.717, 1.165) is 25.7 Å². The molecule has 0 bridgehead atoms. The first-order valence-corrected chi connectivity index (χ1v) is 7.27. The second-order valence-electron chi connectivity index (χ2n) is 5.76. The Balaban J connectivity index is 2.58. The maximum atomic E-state index is 11.8. The zero-order valence-corrected chi connectivity index (χ0v) is 13.0. The monoisotopic (exact) mass is 316 g/mol. The molecular weight excluding hydrogens is 292 g/mol. The van der Waals surface area contributed by atoms with Crippen LogP contribution in [-0.2, 0) is 23.9 Å². The topological polar surface area (TPSA) is 128 Å². The Bertz CT molecular complexity index is 420. The van der Waals surface area contributed by atoms with Gasteiger partial charge in [-0.2, -0.15) is 0 Å². The number of aliphatic carboxylic acids is 1. The molecule has 0 spiro atoms. The Kier molecular flexibility index (Phi) is 6.76. The first kappa shape index (κ1) is 18.4.